The summed E-state index contributed by atoms with van der Waals surface area (Å²) in [6, 6.07) is 0.0217. The van der Waals surface area contributed by atoms with Gasteiger partial charge in [-0.3, -0.25) is 9.59 Å². The number of H-pyrrole nitrogens is 1. The highest BCUT2D eigenvalue weighted by molar-refractivity contribution is 7.91. The minimum Gasteiger partial charge on any atom is -0.477 e. The Hall–Kier alpha value is -3.15. The second-order valence-electron chi connectivity index (χ2n) is 8.95. The molecule has 1 saturated heterocycles. The number of fused-ring (bicyclic) bond motifs is 1. The van der Waals surface area contributed by atoms with Crippen LogP contribution in [-0.2, 0) is 21.2 Å². The predicted octanol–water partition coefficient (Wildman–Crippen LogP) is -0.561. The summed E-state index contributed by atoms with van der Waals surface area (Å²) >= 11 is 0. The summed E-state index contributed by atoms with van der Waals surface area (Å²) in [5, 5.41) is 16.5. The number of nitrogens with one attached hydrogen (secondary N) is 2. The zero-order valence-electron chi connectivity index (χ0n) is 18.6. The van der Waals surface area contributed by atoms with E-state index in [2.05, 4.69) is 10.4 Å². The van der Waals surface area contributed by atoms with E-state index in [1.54, 1.807) is 0 Å². The summed E-state index contributed by atoms with van der Waals surface area (Å²) in [5.74, 6) is -1.43. The zero-order valence-corrected chi connectivity index (χ0v) is 19.4. The van der Waals surface area contributed by atoms with Crippen LogP contribution in [-0.4, -0.2) is 70.5 Å². The van der Waals surface area contributed by atoms with Crippen LogP contribution in [0.4, 0.5) is 0 Å². The number of rotatable bonds is 6. The van der Waals surface area contributed by atoms with E-state index in [1.807, 2.05) is 13.8 Å². The Bertz CT molecular complexity index is 1290. The molecule has 4 rings (SSSR count). The minimum atomic E-state index is -3.10. The highest BCUT2D eigenvalue weighted by atomic mass is 32.2. The van der Waals surface area contributed by atoms with Crippen LogP contribution in [0.2, 0.25) is 0 Å². The Morgan fingerprint density at radius 1 is 1.30 bits per heavy atom. The molecule has 11 nitrogen and oxygen atoms in total. The largest absolute Gasteiger partial charge is 0.477 e. The van der Waals surface area contributed by atoms with Gasteiger partial charge in [-0.05, 0) is 24.8 Å². The van der Waals surface area contributed by atoms with Crippen molar-refractivity contribution in [1.82, 2.24) is 19.8 Å². The van der Waals surface area contributed by atoms with Gasteiger partial charge in [0.2, 0.25) is 11.5 Å². The van der Waals surface area contributed by atoms with Crippen molar-refractivity contribution in [3.05, 3.63) is 33.8 Å². The average molecular weight is 479 g/mol. The van der Waals surface area contributed by atoms with E-state index in [-0.39, 0.29) is 48.0 Å². The molecule has 3 heterocycles. The van der Waals surface area contributed by atoms with Gasteiger partial charge in [0, 0.05) is 25.2 Å². The molecule has 2 amide bonds. The lowest BCUT2D eigenvalue weighted by Gasteiger charge is -2.25. The first-order valence-corrected chi connectivity index (χ1v) is 12.8. The van der Waals surface area contributed by atoms with Gasteiger partial charge in [0.15, 0.2) is 9.84 Å². The number of nitrogens with zero attached hydrogens (tertiary/aromatic N) is 3. The van der Waals surface area contributed by atoms with Crippen LogP contribution >= 0.6 is 0 Å². The molecule has 0 bridgehead atoms. The molecule has 1 saturated carbocycles. The molecular formula is C21H28N5O6S+. The van der Waals surface area contributed by atoms with Gasteiger partial charge in [-0.25, -0.2) is 18.3 Å². The molecule has 2 fully saturated rings. The summed E-state index contributed by atoms with van der Waals surface area (Å²) in [7, 11) is -3.10. The number of hydrogen-bond acceptors (Lipinski definition) is 6. The molecule has 1 aliphatic heterocycles. The van der Waals surface area contributed by atoms with Crippen molar-refractivity contribution in [2.24, 2.45) is 5.92 Å². The number of carbonyl (C=O) groups excluding carboxylic acids is 2. The van der Waals surface area contributed by atoms with Gasteiger partial charge in [-0.2, -0.15) is 4.57 Å². The summed E-state index contributed by atoms with van der Waals surface area (Å²) < 4.78 is 25.8. The number of carbonyl (C=O) groups is 2. The first-order chi connectivity index (χ1) is 15.6. The summed E-state index contributed by atoms with van der Waals surface area (Å²) in [6.07, 6.45) is 6.03. The fourth-order valence-corrected chi connectivity index (χ4v) is 5.01. The van der Waals surface area contributed by atoms with Gasteiger partial charge < -0.3 is 15.3 Å². The molecule has 178 valence electrons. The smallest absolute Gasteiger partial charge is 0.378 e. The van der Waals surface area contributed by atoms with Crippen molar-refractivity contribution in [2.45, 2.75) is 39.3 Å². The van der Waals surface area contributed by atoms with Crippen molar-refractivity contribution in [3.8, 4) is 5.88 Å². The van der Waals surface area contributed by atoms with Crippen LogP contribution in [0.3, 0.4) is 0 Å². The predicted molar refractivity (Wildman–Crippen MR) is 119 cm³/mol. The highest BCUT2D eigenvalue weighted by Crippen LogP contribution is 2.21. The van der Waals surface area contributed by atoms with Crippen molar-refractivity contribution in [2.75, 3.05) is 24.6 Å². The molecule has 0 aromatic carbocycles. The van der Waals surface area contributed by atoms with Crippen LogP contribution in [0.1, 0.15) is 42.6 Å². The summed E-state index contributed by atoms with van der Waals surface area (Å²) in [6.45, 7) is 4.47. The third-order valence-electron chi connectivity index (χ3n) is 5.72. The standard InChI is InChI=1S/C21H27N5O6S/c1-13(2)12-25-19-14(3-6-16(27)24-7-9-33(31,32)10-8-24)11-22-26(19)21(30)17(20(25)29)18(28)23-15-4-5-15/h3,6,11,13,15H,4-5,7-10,12H2,1-2H3,(H2,23,28,29,30)/p+1/b6-3+. The van der Waals surface area contributed by atoms with Crippen molar-refractivity contribution in [3.63, 3.8) is 0 Å². The van der Waals surface area contributed by atoms with Crippen LogP contribution in [0.15, 0.2) is 17.1 Å². The molecule has 0 radical (unpaired) electrons. The second-order valence-corrected chi connectivity index (χ2v) is 11.3. The Morgan fingerprint density at radius 2 is 1.97 bits per heavy atom. The molecule has 2 aromatic rings. The summed E-state index contributed by atoms with van der Waals surface area (Å²) in [5.41, 5.74) is -0.231. The van der Waals surface area contributed by atoms with E-state index in [1.165, 1.54) is 32.3 Å². The molecule has 0 spiro atoms. The molecule has 33 heavy (non-hydrogen) atoms. The van der Waals surface area contributed by atoms with Gasteiger partial charge in [-0.15, -0.1) is 0 Å². The number of aromatic nitrogens is 3. The SMILES string of the molecule is CC(C)C[n+]1c(O)c(C(=O)NC2CC2)c(=O)n2[nH]cc(/C=C/C(=O)N3CCS(=O)(=O)CC3)c21. The molecule has 0 atom stereocenters. The van der Waals surface area contributed by atoms with Gasteiger partial charge in [0.05, 0.1) is 29.8 Å². The lowest BCUT2D eigenvalue weighted by atomic mass is 10.2. The van der Waals surface area contributed by atoms with Crippen molar-refractivity contribution >= 4 is 33.4 Å². The van der Waals surface area contributed by atoms with E-state index >= 15 is 0 Å². The number of aromatic hydroxyl groups is 1. The number of aromatic amines is 1. The van der Waals surface area contributed by atoms with Crippen LogP contribution < -0.4 is 15.4 Å². The molecule has 2 aliphatic rings. The number of amides is 2. The molecule has 2 aromatic heterocycles. The first-order valence-electron chi connectivity index (χ1n) is 10.9. The van der Waals surface area contributed by atoms with Gasteiger partial charge >= 0.3 is 17.1 Å². The second kappa shape index (κ2) is 8.65. The lowest BCUT2D eigenvalue weighted by Crippen LogP contribution is -2.46. The fraction of sp³-hybridized carbons (Fsp3) is 0.524. The molecule has 12 heteroatoms. The van der Waals surface area contributed by atoms with Crippen LogP contribution in [0.25, 0.3) is 11.7 Å². The first kappa shape index (κ1) is 23.0. The van der Waals surface area contributed by atoms with E-state index in [0.717, 1.165) is 12.8 Å². The maximum atomic E-state index is 13.0. The Kier molecular flexibility index (Phi) is 6.04. The normalized spacial score (nSPS) is 18.3. The van der Waals surface area contributed by atoms with E-state index in [0.29, 0.717) is 17.8 Å². The highest BCUT2D eigenvalue weighted by Gasteiger charge is 2.34. The third-order valence-corrected chi connectivity index (χ3v) is 7.33. The molecule has 3 N–H and O–H groups in total. The van der Waals surface area contributed by atoms with Crippen LogP contribution in [0, 0.1) is 5.92 Å². The van der Waals surface area contributed by atoms with Gasteiger partial charge in [0.1, 0.15) is 0 Å². The maximum Gasteiger partial charge on any atom is 0.378 e. The average Bonchev–Trinajstić information content (AvgIpc) is 3.44. The third kappa shape index (κ3) is 4.80. The number of hydrogen-bond donors (Lipinski definition) is 3. The summed E-state index contributed by atoms with van der Waals surface area (Å²) in [4.78, 5) is 39.7. The molecular weight excluding hydrogens is 450 g/mol. The Morgan fingerprint density at radius 3 is 2.58 bits per heavy atom. The van der Waals surface area contributed by atoms with E-state index < -0.39 is 27.2 Å². The van der Waals surface area contributed by atoms with Gasteiger partial charge in [-0.1, -0.05) is 18.4 Å². The Balaban J connectivity index is 1.71. The van der Waals surface area contributed by atoms with Gasteiger partial charge in [0.25, 0.3) is 5.91 Å². The topological polar surface area (TPSA) is 145 Å². The lowest BCUT2D eigenvalue weighted by molar-refractivity contribution is -0.686. The minimum absolute atomic E-state index is 0.0217. The van der Waals surface area contributed by atoms with Crippen LogP contribution in [0.5, 0.6) is 5.88 Å². The van der Waals surface area contributed by atoms with Crippen molar-refractivity contribution < 1.29 is 27.7 Å². The Labute approximate surface area is 190 Å². The molecule has 0 unspecified atom stereocenters. The van der Waals surface area contributed by atoms with Crippen molar-refractivity contribution in [1.29, 1.82) is 0 Å². The monoisotopic (exact) mass is 478 g/mol. The number of sulfone groups is 1. The van der Waals surface area contributed by atoms with E-state index in [9.17, 15) is 27.9 Å². The fourth-order valence-electron chi connectivity index (χ4n) is 3.81. The molecule has 1 aliphatic carbocycles. The van der Waals surface area contributed by atoms with E-state index in [4.69, 9.17) is 0 Å². The maximum absolute atomic E-state index is 13.0. The quantitative estimate of drug-likeness (QED) is 0.375. The zero-order chi connectivity index (χ0) is 23.9.